The summed E-state index contributed by atoms with van der Waals surface area (Å²) >= 11 is 0. The number of carbonyl (C=O) groups excluding carboxylic acids is 1. The summed E-state index contributed by atoms with van der Waals surface area (Å²) in [5, 5.41) is 6.93. The standard InChI is InChI=1S/C17H17N5O2/c1-21-11-10-18-16(21)15(12-6-4-3-5-7-12)19-17(24)13-8-9-14(23)22(2)20-13/h3-11,15H,1-2H3,(H,19,24)/t15-/m0/s1. The van der Waals surface area contributed by atoms with Crippen molar-refractivity contribution in [3.8, 4) is 0 Å². The molecule has 24 heavy (non-hydrogen) atoms. The summed E-state index contributed by atoms with van der Waals surface area (Å²) in [5.74, 6) is 0.335. The van der Waals surface area contributed by atoms with Gasteiger partial charge in [0.2, 0.25) is 0 Å². The van der Waals surface area contributed by atoms with E-state index in [0.717, 1.165) is 10.2 Å². The largest absolute Gasteiger partial charge is 0.337 e. The fourth-order valence-electron chi connectivity index (χ4n) is 2.43. The predicted octanol–water partition coefficient (Wildman–Crippen LogP) is 1.03. The third-order valence-corrected chi connectivity index (χ3v) is 3.72. The van der Waals surface area contributed by atoms with Crippen LogP contribution in [0.3, 0.4) is 0 Å². The van der Waals surface area contributed by atoms with Gasteiger partial charge in [0.25, 0.3) is 11.5 Å². The van der Waals surface area contributed by atoms with Gasteiger partial charge in [-0.05, 0) is 11.6 Å². The van der Waals surface area contributed by atoms with Gasteiger partial charge in [-0.3, -0.25) is 9.59 Å². The Kier molecular flexibility index (Phi) is 4.24. The van der Waals surface area contributed by atoms with Gasteiger partial charge in [-0.15, -0.1) is 0 Å². The molecule has 3 aromatic rings. The molecule has 0 spiro atoms. The smallest absolute Gasteiger partial charge is 0.272 e. The molecule has 1 atom stereocenters. The molecular weight excluding hydrogens is 306 g/mol. The molecule has 0 aliphatic carbocycles. The van der Waals surface area contributed by atoms with E-state index in [1.165, 1.54) is 19.2 Å². The number of carbonyl (C=O) groups is 1. The van der Waals surface area contributed by atoms with E-state index in [2.05, 4.69) is 15.4 Å². The van der Waals surface area contributed by atoms with Crippen LogP contribution in [0.25, 0.3) is 0 Å². The predicted molar refractivity (Wildman–Crippen MR) is 88.4 cm³/mol. The molecule has 2 aromatic heterocycles. The van der Waals surface area contributed by atoms with Crippen molar-refractivity contribution in [2.24, 2.45) is 14.1 Å². The number of hydrogen-bond donors (Lipinski definition) is 1. The lowest BCUT2D eigenvalue weighted by molar-refractivity contribution is 0.0934. The van der Waals surface area contributed by atoms with Crippen molar-refractivity contribution >= 4 is 5.91 Å². The van der Waals surface area contributed by atoms with Gasteiger partial charge in [0.05, 0.1) is 0 Å². The van der Waals surface area contributed by atoms with Gasteiger partial charge in [-0.2, -0.15) is 5.10 Å². The quantitative estimate of drug-likeness (QED) is 0.777. The van der Waals surface area contributed by atoms with Crippen molar-refractivity contribution in [2.75, 3.05) is 0 Å². The summed E-state index contributed by atoms with van der Waals surface area (Å²) in [5.41, 5.74) is 0.812. The van der Waals surface area contributed by atoms with Gasteiger partial charge in [0.1, 0.15) is 17.6 Å². The summed E-state index contributed by atoms with van der Waals surface area (Å²) in [6, 6.07) is 11.9. The van der Waals surface area contributed by atoms with Crippen LogP contribution >= 0.6 is 0 Å². The SMILES string of the molecule is Cn1ccnc1[C@@H](NC(=O)c1ccc(=O)n(C)n1)c1ccccc1. The number of rotatable bonds is 4. The maximum absolute atomic E-state index is 12.6. The third-order valence-electron chi connectivity index (χ3n) is 3.72. The minimum atomic E-state index is -0.419. The molecule has 0 aliphatic rings. The van der Waals surface area contributed by atoms with Crippen LogP contribution in [-0.4, -0.2) is 25.2 Å². The van der Waals surface area contributed by atoms with Gasteiger partial charge in [-0.25, -0.2) is 9.67 Å². The van der Waals surface area contributed by atoms with Crippen molar-refractivity contribution in [1.82, 2.24) is 24.6 Å². The van der Waals surface area contributed by atoms with E-state index in [0.29, 0.717) is 5.82 Å². The second kappa shape index (κ2) is 6.49. The zero-order chi connectivity index (χ0) is 17.1. The molecule has 0 aliphatic heterocycles. The molecule has 0 unspecified atom stereocenters. The molecule has 122 valence electrons. The fraction of sp³-hybridized carbons (Fsp3) is 0.176. The van der Waals surface area contributed by atoms with Crippen molar-refractivity contribution in [3.63, 3.8) is 0 Å². The third kappa shape index (κ3) is 3.10. The van der Waals surface area contributed by atoms with E-state index in [-0.39, 0.29) is 17.2 Å². The number of aryl methyl sites for hydroxylation is 2. The van der Waals surface area contributed by atoms with Crippen LogP contribution < -0.4 is 10.9 Å². The second-order valence-electron chi connectivity index (χ2n) is 5.39. The first-order valence-corrected chi connectivity index (χ1v) is 7.43. The number of aromatic nitrogens is 4. The number of benzene rings is 1. The maximum atomic E-state index is 12.6. The van der Waals surface area contributed by atoms with E-state index in [4.69, 9.17) is 0 Å². The molecule has 0 bridgehead atoms. The highest BCUT2D eigenvalue weighted by Crippen LogP contribution is 2.20. The highest BCUT2D eigenvalue weighted by atomic mass is 16.2. The van der Waals surface area contributed by atoms with E-state index < -0.39 is 6.04 Å². The number of hydrogen-bond acceptors (Lipinski definition) is 4. The lowest BCUT2D eigenvalue weighted by Crippen LogP contribution is -2.33. The van der Waals surface area contributed by atoms with E-state index in [1.807, 2.05) is 48.1 Å². The van der Waals surface area contributed by atoms with Gasteiger partial charge >= 0.3 is 0 Å². The van der Waals surface area contributed by atoms with Crippen LogP contribution in [0.1, 0.15) is 27.9 Å². The topological polar surface area (TPSA) is 81.8 Å². The van der Waals surface area contributed by atoms with E-state index >= 15 is 0 Å². The molecule has 0 saturated heterocycles. The van der Waals surface area contributed by atoms with Crippen LogP contribution in [0.15, 0.2) is 59.7 Å². The lowest BCUT2D eigenvalue weighted by atomic mass is 10.1. The number of nitrogens with one attached hydrogen (secondary N) is 1. The van der Waals surface area contributed by atoms with E-state index in [9.17, 15) is 9.59 Å². The maximum Gasteiger partial charge on any atom is 0.272 e. The zero-order valence-corrected chi connectivity index (χ0v) is 13.4. The molecule has 0 saturated carbocycles. The van der Waals surface area contributed by atoms with Crippen molar-refractivity contribution in [1.29, 1.82) is 0 Å². The van der Waals surface area contributed by atoms with Crippen molar-refractivity contribution in [3.05, 3.63) is 82.3 Å². The summed E-state index contributed by atoms with van der Waals surface area (Å²) in [7, 11) is 3.38. The summed E-state index contributed by atoms with van der Waals surface area (Å²) < 4.78 is 2.99. The summed E-state index contributed by atoms with van der Waals surface area (Å²) in [4.78, 5) is 28.3. The Labute approximate surface area is 138 Å². The van der Waals surface area contributed by atoms with Crippen molar-refractivity contribution < 1.29 is 4.79 Å². The first-order valence-electron chi connectivity index (χ1n) is 7.43. The molecule has 0 fully saturated rings. The average Bonchev–Trinajstić information content (AvgIpc) is 3.01. The fourth-order valence-corrected chi connectivity index (χ4v) is 2.43. The Morgan fingerprint density at radius 2 is 1.88 bits per heavy atom. The van der Waals surface area contributed by atoms with Gasteiger partial charge in [0.15, 0.2) is 0 Å². The Morgan fingerprint density at radius 3 is 2.50 bits per heavy atom. The van der Waals surface area contributed by atoms with Crippen LogP contribution in [0, 0.1) is 0 Å². The minimum Gasteiger partial charge on any atom is -0.337 e. The minimum absolute atomic E-state index is 0.173. The van der Waals surface area contributed by atoms with Crippen LogP contribution in [0.5, 0.6) is 0 Å². The number of imidazole rings is 1. The van der Waals surface area contributed by atoms with Gasteiger partial charge in [-0.1, -0.05) is 30.3 Å². The molecular formula is C17H17N5O2. The molecule has 7 nitrogen and oxygen atoms in total. The summed E-state index contributed by atoms with van der Waals surface area (Å²) in [6.45, 7) is 0. The van der Waals surface area contributed by atoms with Crippen LogP contribution in [-0.2, 0) is 14.1 Å². The zero-order valence-electron chi connectivity index (χ0n) is 13.4. The summed E-state index contributed by atoms with van der Waals surface area (Å²) in [6.07, 6.45) is 3.50. The van der Waals surface area contributed by atoms with Crippen molar-refractivity contribution in [2.45, 2.75) is 6.04 Å². The molecule has 1 N–H and O–H groups in total. The molecule has 3 rings (SSSR count). The van der Waals surface area contributed by atoms with Crippen LogP contribution in [0.2, 0.25) is 0 Å². The Morgan fingerprint density at radius 1 is 1.12 bits per heavy atom. The van der Waals surface area contributed by atoms with Gasteiger partial charge < -0.3 is 9.88 Å². The Balaban J connectivity index is 1.95. The second-order valence-corrected chi connectivity index (χ2v) is 5.39. The average molecular weight is 323 g/mol. The van der Waals surface area contributed by atoms with E-state index in [1.54, 1.807) is 6.20 Å². The molecule has 1 amide bonds. The highest BCUT2D eigenvalue weighted by Gasteiger charge is 2.22. The molecule has 2 heterocycles. The first-order chi connectivity index (χ1) is 11.6. The molecule has 0 radical (unpaired) electrons. The lowest BCUT2D eigenvalue weighted by Gasteiger charge is -2.19. The number of nitrogens with zero attached hydrogens (tertiary/aromatic N) is 4. The Hall–Kier alpha value is -3.22. The van der Waals surface area contributed by atoms with Crippen LogP contribution in [0.4, 0.5) is 0 Å². The number of amides is 1. The van der Waals surface area contributed by atoms with Gasteiger partial charge in [0, 0.05) is 32.6 Å². The monoisotopic (exact) mass is 323 g/mol. The molecule has 1 aromatic carbocycles. The Bertz CT molecular complexity index is 914. The first kappa shape index (κ1) is 15.7. The molecule has 7 heteroatoms. The normalized spacial score (nSPS) is 11.9. The highest BCUT2D eigenvalue weighted by molar-refractivity contribution is 5.92.